The smallest absolute Gasteiger partial charge is 0.319 e. The second kappa shape index (κ2) is 6.14. The maximum atomic E-state index is 12.7. The summed E-state index contributed by atoms with van der Waals surface area (Å²) in [6.45, 7) is 1.27. The van der Waals surface area contributed by atoms with Gasteiger partial charge in [-0.1, -0.05) is 24.6 Å². The number of likely N-dealkylation sites (tertiary alicyclic amines) is 1. The number of piperidine rings is 1. The summed E-state index contributed by atoms with van der Waals surface area (Å²) in [4.78, 5) is 30.5. The molecule has 1 aliphatic heterocycles. The third-order valence-electron chi connectivity index (χ3n) is 5.93. The van der Waals surface area contributed by atoms with Gasteiger partial charge in [0, 0.05) is 24.7 Å². The van der Waals surface area contributed by atoms with Gasteiger partial charge < -0.3 is 10.0 Å². The normalized spacial score (nSPS) is 20.2. The van der Waals surface area contributed by atoms with Gasteiger partial charge in [-0.2, -0.15) is 0 Å². The summed E-state index contributed by atoms with van der Waals surface area (Å²) in [6.07, 6.45) is 5.39. The first kappa shape index (κ1) is 16.1. The van der Waals surface area contributed by atoms with E-state index in [0.717, 1.165) is 24.8 Å². The lowest BCUT2D eigenvalue weighted by Gasteiger charge is -2.42. The molecule has 2 aromatic rings. The molecule has 130 valence electrons. The van der Waals surface area contributed by atoms with Crippen molar-refractivity contribution in [1.29, 1.82) is 0 Å². The molecule has 2 aliphatic rings. The van der Waals surface area contributed by atoms with Crippen LogP contribution in [0.25, 0.3) is 10.9 Å². The minimum atomic E-state index is -1.14. The number of aromatic nitrogens is 1. The fraction of sp³-hybridized carbons (Fsp3) is 0.450. The van der Waals surface area contributed by atoms with Crippen LogP contribution in [0.1, 0.15) is 43.6 Å². The van der Waals surface area contributed by atoms with Crippen molar-refractivity contribution in [2.75, 3.05) is 13.1 Å². The summed E-state index contributed by atoms with van der Waals surface area (Å²) in [5, 5.41) is 10.7. The van der Waals surface area contributed by atoms with E-state index in [1.54, 1.807) is 4.90 Å². The molecule has 1 N–H and O–H groups in total. The maximum Gasteiger partial charge on any atom is 0.319 e. The van der Waals surface area contributed by atoms with Gasteiger partial charge in [-0.25, -0.2) is 0 Å². The lowest BCUT2D eigenvalue weighted by atomic mass is 9.67. The van der Waals surface area contributed by atoms with E-state index in [1.165, 1.54) is 10.9 Å². The number of rotatable bonds is 3. The molecule has 1 saturated heterocycles. The van der Waals surface area contributed by atoms with Crippen molar-refractivity contribution in [3.63, 3.8) is 0 Å². The van der Waals surface area contributed by atoms with E-state index in [1.807, 2.05) is 24.4 Å². The average Bonchev–Trinajstić information content (AvgIpc) is 2.60. The second-order valence-electron chi connectivity index (χ2n) is 7.22. The molecule has 5 nitrogen and oxygen atoms in total. The van der Waals surface area contributed by atoms with Crippen LogP contribution in [0.3, 0.4) is 0 Å². The average molecular weight is 338 g/mol. The zero-order chi connectivity index (χ0) is 17.4. The number of aliphatic carboxylic acids is 1. The second-order valence-corrected chi connectivity index (χ2v) is 7.22. The van der Waals surface area contributed by atoms with Crippen molar-refractivity contribution in [2.24, 2.45) is 5.41 Å². The SMILES string of the molecule is O=C(O)C1(C(=O)N2CCC(c3ccnc4ccccc34)CC2)CCC1. The Morgan fingerprint density at radius 1 is 1.12 bits per heavy atom. The Morgan fingerprint density at radius 3 is 2.48 bits per heavy atom. The van der Waals surface area contributed by atoms with Crippen molar-refractivity contribution < 1.29 is 14.7 Å². The molecule has 2 fully saturated rings. The topological polar surface area (TPSA) is 70.5 Å². The fourth-order valence-corrected chi connectivity index (χ4v) is 4.22. The van der Waals surface area contributed by atoms with Crippen LogP contribution < -0.4 is 0 Å². The van der Waals surface area contributed by atoms with Gasteiger partial charge in [0.15, 0.2) is 0 Å². The Balaban J connectivity index is 1.50. The molecular weight excluding hydrogens is 316 g/mol. The molecule has 1 aromatic carbocycles. The number of fused-ring (bicyclic) bond motifs is 1. The van der Waals surface area contributed by atoms with Gasteiger partial charge in [0.1, 0.15) is 5.41 Å². The Morgan fingerprint density at radius 2 is 1.84 bits per heavy atom. The largest absolute Gasteiger partial charge is 0.480 e. The third kappa shape index (κ3) is 2.58. The van der Waals surface area contributed by atoms with E-state index in [4.69, 9.17) is 0 Å². The summed E-state index contributed by atoms with van der Waals surface area (Å²) in [7, 11) is 0. The number of amides is 1. The van der Waals surface area contributed by atoms with Crippen LogP contribution in [0.15, 0.2) is 36.5 Å². The van der Waals surface area contributed by atoms with Crippen LogP contribution in [0.2, 0.25) is 0 Å². The molecular formula is C20H22N2O3. The first-order valence-corrected chi connectivity index (χ1v) is 8.98. The molecule has 0 spiro atoms. The van der Waals surface area contributed by atoms with Crippen molar-refractivity contribution in [2.45, 2.75) is 38.0 Å². The fourth-order valence-electron chi connectivity index (χ4n) is 4.22. The quantitative estimate of drug-likeness (QED) is 0.873. The molecule has 1 amide bonds. The molecule has 0 bridgehead atoms. The number of para-hydroxylation sites is 1. The molecule has 5 heteroatoms. The van der Waals surface area contributed by atoms with Crippen molar-refractivity contribution in [1.82, 2.24) is 9.88 Å². The van der Waals surface area contributed by atoms with E-state index in [-0.39, 0.29) is 5.91 Å². The standard InChI is InChI=1S/C20H22N2O3/c23-18(20(19(24)25)9-3-10-20)22-12-7-14(8-13-22)15-6-11-21-17-5-2-1-4-16(15)17/h1-2,4-6,11,14H,3,7-10,12-13H2,(H,24,25). The van der Waals surface area contributed by atoms with Crippen LogP contribution >= 0.6 is 0 Å². The highest BCUT2D eigenvalue weighted by molar-refractivity contribution is 6.02. The van der Waals surface area contributed by atoms with Crippen molar-refractivity contribution in [3.8, 4) is 0 Å². The number of benzene rings is 1. The van der Waals surface area contributed by atoms with Gasteiger partial charge in [0.05, 0.1) is 5.52 Å². The Hall–Kier alpha value is -2.43. The van der Waals surface area contributed by atoms with Gasteiger partial charge >= 0.3 is 5.97 Å². The van der Waals surface area contributed by atoms with Gasteiger partial charge in [-0.05, 0) is 49.3 Å². The van der Waals surface area contributed by atoms with E-state index < -0.39 is 11.4 Å². The monoisotopic (exact) mass is 338 g/mol. The third-order valence-corrected chi connectivity index (χ3v) is 5.93. The number of carbonyl (C=O) groups excluding carboxylic acids is 1. The Kier molecular flexibility index (Phi) is 3.94. The van der Waals surface area contributed by atoms with Crippen molar-refractivity contribution >= 4 is 22.8 Å². The molecule has 0 unspecified atom stereocenters. The highest BCUT2D eigenvalue weighted by atomic mass is 16.4. The van der Waals surface area contributed by atoms with E-state index >= 15 is 0 Å². The number of pyridine rings is 1. The number of carbonyl (C=O) groups is 2. The minimum Gasteiger partial charge on any atom is -0.480 e. The molecule has 4 rings (SSSR count). The number of hydrogen-bond acceptors (Lipinski definition) is 3. The Bertz CT molecular complexity index is 815. The van der Waals surface area contributed by atoms with Gasteiger partial charge in [0.25, 0.3) is 0 Å². The Labute approximate surface area is 146 Å². The summed E-state index contributed by atoms with van der Waals surface area (Å²) in [6, 6.07) is 10.2. The zero-order valence-electron chi connectivity index (χ0n) is 14.1. The molecule has 25 heavy (non-hydrogen) atoms. The summed E-state index contributed by atoms with van der Waals surface area (Å²) >= 11 is 0. The lowest BCUT2D eigenvalue weighted by molar-refractivity contribution is -0.168. The van der Waals surface area contributed by atoms with Crippen LogP contribution in [0.5, 0.6) is 0 Å². The number of hydrogen-bond donors (Lipinski definition) is 1. The maximum absolute atomic E-state index is 12.7. The molecule has 0 atom stereocenters. The summed E-state index contributed by atoms with van der Waals surface area (Å²) in [5.41, 5.74) is 1.14. The highest BCUT2D eigenvalue weighted by Crippen LogP contribution is 2.44. The predicted octanol–water partition coefficient (Wildman–Crippen LogP) is 3.20. The number of nitrogens with zero attached hydrogens (tertiary/aromatic N) is 2. The molecule has 0 radical (unpaired) electrons. The van der Waals surface area contributed by atoms with Crippen LogP contribution in [-0.4, -0.2) is 40.0 Å². The van der Waals surface area contributed by atoms with Gasteiger partial charge in [0.2, 0.25) is 5.91 Å². The summed E-state index contributed by atoms with van der Waals surface area (Å²) < 4.78 is 0. The van der Waals surface area contributed by atoms with E-state index in [9.17, 15) is 14.7 Å². The predicted molar refractivity (Wildman–Crippen MR) is 94.2 cm³/mol. The molecule has 1 aliphatic carbocycles. The van der Waals surface area contributed by atoms with Crippen LogP contribution in [-0.2, 0) is 9.59 Å². The number of carboxylic acid groups (broad SMARTS) is 1. The van der Waals surface area contributed by atoms with E-state index in [2.05, 4.69) is 17.1 Å². The van der Waals surface area contributed by atoms with Gasteiger partial charge in [-0.3, -0.25) is 14.6 Å². The zero-order valence-corrected chi connectivity index (χ0v) is 14.1. The van der Waals surface area contributed by atoms with Crippen LogP contribution in [0, 0.1) is 5.41 Å². The highest BCUT2D eigenvalue weighted by Gasteiger charge is 2.53. The van der Waals surface area contributed by atoms with Gasteiger partial charge in [-0.15, -0.1) is 0 Å². The number of carboxylic acids is 1. The first-order valence-electron chi connectivity index (χ1n) is 8.98. The van der Waals surface area contributed by atoms with Crippen LogP contribution in [0.4, 0.5) is 0 Å². The van der Waals surface area contributed by atoms with E-state index in [0.29, 0.717) is 31.8 Å². The molecule has 2 heterocycles. The molecule has 1 saturated carbocycles. The lowest BCUT2D eigenvalue weighted by Crippen LogP contribution is -2.54. The minimum absolute atomic E-state index is 0.177. The molecule has 1 aromatic heterocycles. The summed E-state index contributed by atoms with van der Waals surface area (Å²) in [5.74, 6) is -0.741. The van der Waals surface area contributed by atoms with Crippen molar-refractivity contribution in [3.05, 3.63) is 42.1 Å². The first-order chi connectivity index (χ1) is 12.1.